The number of halogens is 3. The van der Waals surface area contributed by atoms with Crippen LogP contribution >= 0.6 is 23.1 Å². The van der Waals surface area contributed by atoms with E-state index in [1.165, 1.54) is 23.5 Å². The summed E-state index contributed by atoms with van der Waals surface area (Å²) in [6.45, 7) is 5.99. The molecule has 0 spiro atoms. The number of alkyl halides is 3. The van der Waals surface area contributed by atoms with Crippen molar-refractivity contribution in [2.45, 2.75) is 44.2 Å². The molecule has 5 nitrogen and oxygen atoms in total. The van der Waals surface area contributed by atoms with E-state index >= 15 is 0 Å². The van der Waals surface area contributed by atoms with Gasteiger partial charge < -0.3 is 14.2 Å². The lowest BCUT2D eigenvalue weighted by Gasteiger charge is -2.11. The smallest absolute Gasteiger partial charge is 0.416 e. The number of nitrogens with zero attached hydrogens (tertiary/aromatic N) is 1. The van der Waals surface area contributed by atoms with Crippen LogP contribution in [0.15, 0.2) is 71.6 Å². The Morgan fingerprint density at radius 1 is 0.950 bits per heavy atom. The number of thioether (sulfide) groups is 1. The Hall–Kier alpha value is -3.50. The van der Waals surface area contributed by atoms with Crippen LogP contribution in [0.25, 0.3) is 10.6 Å². The van der Waals surface area contributed by atoms with Crippen LogP contribution in [0, 0.1) is 13.8 Å². The minimum atomic E-state index is -4.40. The van der Waals surface area contributed by atoms with Crippen LogP contribution in [0.1, 0.15) is 34.2 Å². The zero-order chi connectivity index (χ0) is 28.7. The van der Waals surface area contributed by atoms with Gasteiger partial charge in [0.05, 0.1) is 17.9 Å². The number of aromatic nitrogens is 1. The highest BCUT2D eigenvalue weighted by molar-refractivity contribution is 7.98. The number of para-hydroxylation sites is 1. The molecule has 40 heavy (non-hydrogen) atoms. The Morgan fingerprint density at radius 3 is 2.35 bits per heavy atom. The van der Waals surface area contributed by atoms with Crippen molar-refractivity contribution < 1.29 is 32.2 Å². The summed E-state index contributed by atoms with van der Waals surface area (Å²) in [6, 6.07) is 18.4. The first-order chi connectivity index (χ1) is 19.1. The van der Waals surface area contributed by atoms with E-state index in [4.69, 9.17) is 19.2 Å². The van der Waals surface area contributed by atoms with Crippen LogP contribution in [0.4, 0.5) is 13.2 Å². The fraction of sp³-hybridized carbons (Fsp3) is 0.267. The van der Waals surface area contributed by atoms with Crippen molar-refractivity contribution in [2.24, 2.45) is 0 Å². The van der Waals surface area contributed by atoms with E-state index in [2.05, 4.69) is 0 Å². The van der Waals surface area contributed by atoms with Crippen LogP contribution in [-0.4, -0.2) is 24.2 Å². The fourth-order valence-corrected chi connectivity index (χ4v) is 5.93. The predicted octanol–water partition coefficient (Wildman–Crippen LogP) is 8.26. The molecule has 0 fully saturated rings. The molecule has 0 aliphatic rings. The molecule has 0 N–H and O–H groups in total. The molecule has 3 aromatic carbocycles. The molecule has 0 bridgehead atoms. The van der Waals surface area contributed by atoms with Gasteiger partial charge in [-0.25, -0.2) is 9.78 Å². The van der Waals surface area contributed by atoms with Crippen LogP contribution in [0.5, 0.6) is 11.5 Å². The maximum Gasteiger partial charge on any atom is 0.416 e. The summed E-state index contributed by atoms with van der Waals surface area (Å²) >= 11 is 3.04. The highest BCUT2D eigenvalue weighted by Gasteiger charge is 2.30. The number of hydrogen-bond acceptors (Lipinski definition) is 7. The largest absolute Gasteiger partial charge is 0.487 e. The second kappa shape index (κ2) is 13.2. The van der Waals surface area contributed by atoms with E-state index in [9.17, 15) is 18.0 Å². The quantitative estimate of drug-likeness (QED) is 0.130. The van der Waals surface area contributed by atoms with Gasteiger partial charge in [-0.15, -0.1) is 23.1 Å². The minimum Gasteiger partial charge on any atom is -0.487 e. The average Bonchev–Trinajstić information content (AvgIpc) is 3.33. The number of aryl methyl sites for hydroxylation is 2. The van der Waals surface area contributed by atoms with E-state index in [0.29, 0.717) is 28.7 Å². The summed E-state index contributed by atoms with van der Waals surface area (Å²) in [4.78, 5) is 18.3. The Balaban J connectivity index is 1.52. The third-order valence-corrected chi connectivity index (χ3v) is 8.21. The molecular formula is C30H28F3NO4S2. The van der Waals surface area contributed by atoms with Gasteiger partial charge in [-0.3, -0.25) is 0 Å². The summed E-state index contributed by atoms with van der Waals surface area (Å²) in [6.07, 6.45) is -4.40. The number of carbonyl (C=O) groups is 1. The monoisotopic (exact) mass is 587 g/mol. The van der Waals surface area contributed by atoms with Crippen LogP contribution in [-0.2, 0) is 28.1 Å². The van der Waals surface area contributed by atoms with Crippen molar-refractivity contribution in [1.29, 1.82) is 0 Å². The van der Waals surface area contributed by atoms with Crippen molar-refractivity contribution in [1.82, 2.24) is 4.98 Å². The number of hydrogen-bond donors (Lipinski definition) is 0. The number of carbonyl (C=O) groups excluding carboxylic acids is 1. The normalized spacial score (nSPS) is 11.3. The average molecular weight is 588 g/mol. The molecule has 0 aliphatic carbocycles. The molecule has 4 rings (SSSR count). The predicted molar refractivity (Wildman–Crippen MR) is 151 cm³/mol. The number of thiazole rings is 1. The van der Waals surface area contributed by atoms with Crippen molar-refractivity contribution >= 4 is 29.1 Å². The molecule has 10 heteroatoms. The molecule has 1 heterocycles. The summed E-state index contributed by atoms with van der Waals surface area (Å²) in [5.41, 5.74) is 2.54. The van der Waals surface area contributed by atoms with Crippen molar-refractivity contribution in [3.63, 3.8) is 0 Å². The molecule has 1 aromatic heterocycles. The molecule has 0 aliphatic heterocycles. The van der Waals surface area contributed by atoms with Crippen molar-refractivity contribution in [3.8, 4) is 22.1 Å². The number of ether oxygens (including phenoxy) is 3. The molecule has 0 saturated carbocycles. The Kier molecular flexibility index (Phi) is 9.76. The van der Waals surface area contributed by atoms with Gasteiger partial charge in [0.15, 0.2) is 6.61 Å². The van der Waals surface area contributed by atoms with Crippen molar-refractivity contribution in [2.75, 3.05) is 13.2 Å². The molecule has 0 amide bonds. The maximum atomic E-state index is 13.0. The first kappa shape index (κ1) is 29.5. The van der Waals surface area contributed by atoms with Gasteiger partial charge in [-0.1, -0.05) is 30.3 Å². The molecular weight excluding hydrogens is 559 g/mol. The second-order valence-corrected chi connectivity index (χ2v) is 11.0. The van der Waals surface area contributed by atoms with Crippen LogP contribution in [0.2, 0.25) is 0 Å². The molecule has 0 atom stereocenters. The summed E-state index contributed by atoms with van der Waals surface area (Å²) in [5.74, 6) is 1.52. The fourth-order valence-electron chi connectivity index (χ4n) is 3.76. The van der Waals surface area contributed by atoms with E-state index in [0.717, 1.165) is 44.5 Å². The van der Waals surface area contributed by atoms with E-state index in [1.54, 1.807) is 18.7 Å². The van der Waals surface area contributed by atoms with Crippen LogP contribution < -0.4 is 9.47 Å². The summed E-state index contributed by atoms with van der Waals surface area (Å²) in [7, 11) is 0. The minimum absolute atomic E-state index is 0.154. The third-order valence-electron chi connectivity index (χ3n) is 5.86. The highest BCUT2D eigenvalue weighted by Crippen LogP contribution is 2.36. The first-order valence-electron chi connectivity index (χ1n) is 12.5. The Morgan fingerprint density at radius 2 is 1.68 bits per heavy atom. The van der Waals surface area contributed by atoms with Gasteiger partial charge in [-0.05, 0) is 68.3 Å². The highest BCUT2D eigenvalue weighted by atomic mass is 32.2. The zero-order valence-electron chi connectivity index (χ0n) is 22.2. The van der Waals surface area contributed by atoms with Gasteiger partial charge in [-0.2, -0.15) is 13.2 Å². The molecule has 0 unspecified atom stereocenters. The lowest BCUT2D eigenvalue weighted by Crippen LogP contribution is -2.14. The van der Waals surface area contributed by atoms with Gasteiger partial charge in [0.25, 0.3) is 0 Å². The topological polar surface area (TPSA) is 57.7 Å². The maximum absolute atomic E-state index is 13.0. The lowest BCUT2D eigenvalue weighted by molar-refractivity contribution is -0.145. The lowest BCUT2D eigenvalue weighted by atomic mass is 10.1. The third kappa shape index (κ3) is 7.79. The van der Waals surface area contributed by atoms with Gasteiger partial charge in [0.1, 0.15) is 23.1 Å². The molecule has 210 valence electrons. The Labute approximate surface area is 239 Å². The van der Waals surface area contributed by atoms with E-state index in [1.807, 2.05) is 56.3 Å². The summed E-state index contributed by atoms with van der Waals surface area (Å²) < 4.78 is 55.7. The van der Waals surface area contributed by atoms with Gasteiger partial charge in [0, 0.05) is 21.1 Å². The van der Waals surface area contributed by atoms with E-state index < -0.39 is 17.7 Å². The number of rotatable bonds is 11. The number of esters is 1. The van der Waals surface area contributed by atoms with Gasteiger partial charge in [0.2, 0.25) is 0 Å². The van der Waals surface area contributed by atoms with Crippen molar-refractivity contribution in [3.05, 3.63) is 94.0 Å². The second-order valence-electron chi connectivity index (χ2n) is 8.83. The summed E-state index contributed by atoms with van der Waals surface area (Å²) in [5, 5.41) is 0.631. The zero-order valence-corrected chi connectivity index (χ0v) is 23.8. The molecule has 0 saturated heterocycles. The van der Waals surface area contributed by atoms with Gasteiger partial charge >= 0.3 is 12.1 Å². The molecule has 0 radical (unpaired) electrons. The molecule has 4 aromatic rings. The van der Waals surface area contributed by atoms with Crippen LogP contribution in [0.3, 0.4) is 0 Å². The Bertz CT molecular complexity index is 1450. The SMILES string of the molecule is CCOC(=O)COc1ccc(SCc2sc(-c3ccc(C(F)(F)F)cc3)nc2COc2ccccc2C)cc1C. The number of benzene rings is 3. The van der Waals surface area contributed by atoms with E-state index in [-0.39, 0.29) is 13.2 Å². The standard InChI is InChI=1S/C30H28F3NO4S2/c1-4-36-28(35)17-38-26-14-13-23(15-20(26)3)39-18-27-24(16-37-25-8-6-5-7-19(25)2)34-29(40-27)21-9-11-22(12-10-21)30(31,32)33/h5-15H,4,16-18H2,1-3H3. The first-order valence-corrected chi connectivity index (χ1v) is 14.3.